The van der Waals surface area contributed by atoms with Crippen molar-refractivity contribution < 1.29 is 14.3 Å². The second-order valence-corrected chi connectivity index (χ2v) is 7.03. The molecular formula is C24H23N3O3. The Labute approximate surface area is 175 Å². The maximum atomic E-state index is 12.9. The molecule has 0 spiro atoms. The summed E-state index contributed by atoms with van der Waals surface area (Å²) in [6.45, 7) is 0.404. The Kier molecular flexibility index (Phi) is 5.66. The van der Waals surface area contributed by atoms with Crippen LogP contribution in [0.5, 0.6) is 5.75 Å². The highest BCUT2D eigenvalue weighted by Gasteiger charge is 2.31. The Hall–Kier alpha value is -3.80. The van der Waals surface area contributed by atoms with Gasteiger partial charge in [-0.3, -0.25) is 9.59 Å². The maximum Gasteiger partial charge on any atom is 0.262 e. The number of ether oxygens (including phenoxy) is 1. The van der Waals surface area contributed by atoms with Gasteiger partial charge in [-0.05, 0) is 23.8 Å². The number of hydrogen-bond acceptors (Lipinski definition) is 4. The van der Waals surface area contributed by atoms with Crippen LogP contribution in [0.1, 0.15) is 0 Å². The topological polar surface area (TPSA) is 70.7 Å². The molecular weight excluding hydrogens is 378 g/mol. The monoisotopic (exact) mass is 401 g/mol. The first-order valence-electron chi connectivity index (χ1n) is 9.82. The molecule has 3 aromatic rings. The molecule has 0 bridgehead atoms. The summed E-state index contributed by atoms with van der Waals surface area (Å²) in [4.78, 5) is 26.9. The van der Waals surface area contributed by atoms with E-state index < -0.39 is 6.10 Å². The number of amides is 2. The molecule has 0 unspecified atom stereocenters. The van der Waals surface area contributed by atoms with Crippen molar-refractivity contribution in [2.45, 2.75) is 6.10 Å². The van der Waals surface area contributed by atoms with E-state index in [-0.39, 0.29) is 18.4 Å². The van der Waals surface area contributed by atoms with Crippen LogP contribution in [0.4, 0.5) is 11.4 Å². The van der Waals surface area contributed by atoms with Gasteiger partial charge < -0.3 is 20.3 Å². The number of para-hydroxylation sites is 3. The quantitative estimate of drug-likeness (QED) is 0.688. The van der Waals surface area contributed by atoms with E-state index in [2.05, 4.69) is 10.6 Å². The Balaban J connectivity index is 1.54. The van der Waals surface area contributed by atoms with Crippen LogP contribution in [0.15, 0.2) is 78.9 Å². The molecule has 1 aliphatic heterocycles. The van der Waals surface area contributed by atoms with Gasteiger partial charge in [0.25, 0.3) is 5.91 Å². The number of nitrogens with zero attached hydrogens (tertiary/aromatic N) is 1. The largest absolute Gasteiger partial charge is 0.477 e. The fourth-order valence-electron chi connectivity index (χ4n) is 3.58. The van der Waals surface area contributed by atoms with Gasteiger partial charge in [0.05, 0.1) is 18.8 Å². The summed E-state index contributed by atoms with van der Waals surface area (Å²) in [5.41, 5.74) is 3.53. The Morgan fingerprint density at radius 3 is 2.47 bits per heavy atom. The molecule has 4 rings (SSSR count). The first-order chi connectivity index (χ1) is 14.7. The number of carbonyl (C=O) groups excluding carboxylic acids is 2. The van der Waals surface area contributed by atoms with Gasteiger partial charge in [0.2, 0.25) is 5.91 Å². The van der Waals surface area contributed by atoms with E-state index in [4.69, 9.17) is 4.74 Å². The van der Waals surface area contributed by atoms with Crippen molar-refractivity contribution in [3.63, 3.8) is 0 Å². The van der Waals surface area contributed by atoms with Crippen LogP contribution in [-0.2, 0) is 9.59 Å². The van der Waals surface area contributed by atoms with Crippen LogP contribution >= 0.6 is 0 Å². The van der Waals surface area contributed by atoms with Gasteiger partial charge >= 0.3 is 0 Å². The maximum absolute atomic E-state index is 12.9. The predicted molar refractivity (Wildman–Crippen MR) is 118 cm³/mol. The third-order valence-corrected chi connectivity index (χ3v) is 5.02. The number of benzene rings is 3. The molecule has 1 atom stereocenters. The average Bonchev–Trinajstić information content (AvgIpc) is 2.79. The predicted octanol–water partition coefficient (Wildman–Crippen LogP) is 3.31. The van der Waals surface area contributed by atoms with Gasteiger partial charge in [-0.25, -0.2) is 0 Å². The lowest BCUT2D eigenvalue weighted by Crippen LogP contribution is -2.50. The van der Waals surface area contributed by atoms with E-state index in [0.29, 0.717) is 12.3 Å². The van der Waals surface area contributed by atoms with Crippen molar-refractivity contribution in [3.05, 3.63) is 78.9 Å². The van der Waals surface area contributed by atoms with Crippen LogP contribution in [-0.4, -0.2) is 38.1 Å². The van der Waals surface area contributed by atoms with Crippen LogP contribution in [0, 0.1) is 0 Å². The lowest BCUT2D eigenvalue weighted by Gasteiger charge is -2.35. The molecule has 0 aliphatic carbocycles. The van der Waals surface area contributed by atoms with Crippen molar-refractivity contribution in [3.8, 4) is 16.9 Å². The summed E-state index contributed by atoms with van der Waals surface area (Å²) < 4.78 is 5.81. The number of carbonyl (C=O) groups is 2. The molecule has 0 aromatic heterocycles. The number of fused-ring (bicyclic) bond motifs is 1. The van der Waals surface area contributed by atoms with Crippen LogP contribution in [0.3, 0.4) is 0 Å². The molecule has 0 saturated heterocycles. The van der Waals surface area contributed by atoms with E-state index in [1.165, 1.54) is 0 Å². The molecule has 1 heterocycles. The van der Waals surface area contributed by atoms with Gasteiger partial charge in [-0.2, -0.15) is 0 Å². The smallest absolute Gasteiger partial charge is 0.262 e. The first kappa shape index (κ1) is 19.5. The molecule has 30 heavy (non-hydrogen) atoms. The summed E-state index contributed by atoms with van der Waals surface area (Å²) in [6.07, 6.45) is -0.672. The normalized spacial score (nSPS) is 15.0. The second kappa shape index (κ2) is 8.69. The molecule has 0 radical (unpaired) electrons. The summed E-state index contributed by atoms with van der Waals surface area (Å²) in [5.74, 6) is 0.213. The van der Waals surface area contributed by atoms with Crippen molar-refractivity contribution in [2.75, 3.05) is 30.4 Å². The molecule has 6 nitrogen and oxygen atoms in total. The number of anilines is 2. The summed E-state index contributed by atoms with van der Waals surface area (Å²) >= 11 is 0. The molecule has 152 valence electrons. The van der Waals surface area contributed by atoms with Crippen LogP contribution in [0.25, 0.3) is 11.1 Å². The van der Waals surface area contributed by atoms with E-state index in [1.54, 1.807) is 13.1 Å². The number of rotatable bonds is 5. The van der Waals surface area contributed by atoms with Crippen molar-refractivity contribution >= 4 is 23.2 Å². The third kappa shape index (κ3) is 4.12. The van der Waals surface area contributed by atoms with Crippen LogP contribution in [0.2, 0.25) is 0 Å². The average molecular weight is 401 g/mol. The molecule has 6 heteroatoms. The minimum atomic E-state index is -0.672. The summed E-state index contributed by atoms with van der Waals surface area (Å²) in [6, 6.07) is 25.1. The Bertz CT molecular complexity index is 1050. The Morgan fingerprint density at radius 2 is 1.67 bits per heavy atom. The minimum Gasteiger partial charge on any atom is -0.477 e. The minimum absolute atomic E-state index is 0.108. The highest BCUT2D eigenvalue weighted by molar-refractivity contribution is 5.98. The lowest BCUT2D eigenvalue weighted by atomic mass is 10.0. The van der Waals surface area contributed by atoms with E-state index >= 15 is 0 Å². The zero-order valence-corrected chi connectivity index (χ0v) is 16.7. The highest BCUT2D eigenvalue weighted by atomic mass is 16.5. The van der Waals surface area contributed by atoms with Crippen molar-refractivity contribution in [1.29, 1.82) is 0 Å². The zero-order chi connectivity index (χ0) is 20.9. The SMILES string of the molecule is CNC(=O)[C@H]1CN(CC(=O)Nc2ccccc2-c2ccccc2)c2ccccc2O1. The zero-order valence-electron chi connectivity index (χ0n) is 16.7. The molecule has 0 fully saturated rings. The van der Waals surface area contributed by atoms with Gasteiger partial charge in [-0.15, -0.1) is 0 Å². The van der Waals surface area contributed by atoms with Gasteiger partial charge in [0.1, 0.15) is 5.75 Å². The number of likely N-dealkylation sites (N-methyl/N-ethyl adjacent to an activating group) is 1. The van der Waals surface area contributed by atoms with Crippen molar-refractivity contribution in [2.24, 2.45) is 0 Å². The molecule has 2 N–H and O–H groups in total. The van der Waals surface area contributed by atoms with Gasteiger partial charge in [0, 0.05) is 18.3 Å². The van der Waals surface area contributed by atoms with Gasteiger partial charge in [-0.1, -0.05) is 60.7 Å². The van der Waals surface area contributed by atoms with E-state index in [0.717, 1.165) is 22.5 Å². The fourth-order valence-corrected chi connectivity index (χ4v) is 3.58. The summed E-state index contributed by atoms with van der Waals surface area (Å²) in [7, 11) is 1.57. The van der Waals surface area contributed by atoms with E-state index in [1.807, 2.05) is 77.7 Å². The molecule has 1 aliphatic rings. The fraction of sp³-hybridized carbons (Fsp3) is 0.167. The van der Waals surface area contributed by atoms with Crippen LogP contribution < -0.4 is 20.3 Å². The first-order valence-corrected chi connectivity index (χ1v) is 9.82. The van der Waals surface area contributed by atoms with Gasteiger partial charge in [0.15, 0.2) is 6.10 Å². The second-order valence-electron chi connectivity index (χ2n) is 7.03. The summed E-state index contributed by atoms with van der Waals surface area (Å²) in [5, 5.41) is 5.64. The number of nitrogens with one attached hydrogen (secondary N) is 2. The highest BCUT2D eigenvalue weighted by Crippen LogP contribution is 2.33. The number of hydrogen-bond donors (Lipinski definition) is 2. The van der Waals surface area contributed by atoms with Crippen molar-refractivity contribution in [1.82, 2.24) is 5.32 Å². The molecule has 2 amide bonds. The molecule has 3 aromatic carbocycles. The standard InChI is InChI=1S/C24H23N3O3/c1-25-24(29)22-15-27(20-13-7-8-14-21(20)30-22)16-23(28)26-19-12-6-5-11-18(19)17-9-3-2-4-10-17/h2-14,22H,15-16H2,1H3,(H,25,29)(H,26,28)/t22-/m1/s1. The lowest BCUT2D eigenvalue weighted by molar-refractivity contribution is -0.127. The Morgan fingerprint density at radius 1 is 0.967 bits per heavy atom. The molecule has 0 saturated carbocycles. The third-order valence-electron chi connectivity index (χ3n) is 5.02. The van der Waals surface area contributed by atoms with E-state index in [9.17, 15) is 9.59 Å².